The third-order valence-electron chi connectivity index (χ3n) is 3.23. The van der Waals surface area contributed by atoms with Crippen molar-refractivity contribution in [2.75, 3.05) is 13.1 Å². The van der Waals surface area contributed by atoms with Crippen LogP contribution in [0, 0.1) is 13.8 Å². The van der Waals surface area contributed by atoms with Crippen molar-refractivity contribution in [2.45, 2.75) is 39.2 Å². The normalized spacial score (nSPS) is 17.9. The first-order chi connectivity index (χ1) is 8.00. The molecule has 2 heterocycles. The van der Waals surface area contributed by atoms with Gasteiger partial charge in [0, 0.05) is 12.5 Å². The zero-order valence-electron chi connectivity index (χ0n) is 11.0. The summed E-state index contributed by atoms with van der Waals surface area (Å²) in [5.41, 5.74) is 0.507. The van der Waals surface area contributed by atoms with E-state index < -0.39 is 0 Å². The molecule has 1 fully saturated rings. The van der Waals surface area contributed by atoms with Gasteiger partial charge >= 0.3 is 0 Å². The molecule has 0 aromatic carbocycles. The molecule has 1 aliphatic rings. The zero-order chi connectivity index (χ0) is 12.5. The van der Waals surface area contributed by atoms with Gasteiger partial charge in [0.05, 0.1) is 5.69 Å². The van der Waals surface area contributed by atoms with Gasteiger partial charge in [-0.3, -0.25) is 4.79 Å². The van der Waals surface area contributed by atoms with Gasteiger partial charge in [0.25, 0.3) is 5.91 Å². The van der Waals surface area contributed by atoms with Gasteiger partial charge in [0.1, 0.15) is 0 Å². The van der Waals surface area contributed by atoms with E-state index in [0.29, 0.717) is 17.3 Å². The fraction of sp³-hybridized carbons (Fsp3) is 0.667. The highest BCUT2D eigenvalue weighted by atomic mass is 35.5. The van der Waals surface area contributed by atoms with E-state index in [1.807, 2.05) is 0 Å². The molecule has 18 heavy (non-hydrogen) atoms. The van der Waals surface area contributed by atoms with E-state index in [1.54, 1.807) is 13.8 Å². The molecule has 0 saturated carbocycles. The number of carbonyl (C=O) groups is 1. The van der Waals surface area contributed by atoms with Crippen LogP contribution in [0.2, 0.25) is 0 Å². The number of amides is 1. The third kappa shape index (κ3) is 3.23. The van der Waals surface area contributed by atoms with Crippen LogP contribution < -0.4 is 10.6 Å². The van der Waals surface area contributed by atoms with Crippen LogP contribution in [0.15, 0.2) is 4.42 Å². The minimum atomic E-state index is -0.160. The Balaban J connectivity index is 0.00000162. The van der Waals surface area contributed by atoms with Gasteiger partial charge < -0.3 is 15.1 Å². The van der Waals surface area contributed by atoms with Crippen molar-refractivity contribution in [1.82, 2.24) is 15.6 Å². The molecule has 0 spiro atoms. The molecular weight excluding hydrogens is 254 g/mol. The van der Waals surface area contributed by atoms with Crippen LogP contribution in [-0.2, 0) is 0 Å². The summed E-state index contributed by atoms with van der Waals surface area (Å²) in [7, 11) is 0. The highest BCUT2D eigenvalue weighted by Crippen LogP contribution is 2.19. The van der Waals surface area contributed by atoms with Crippen molar-refractivity contribution in [3.8, 4) is 0 Å². The van der Waals surface area contributed by atoms with Crippen LogP contribution in [0.3, 0.4) is 0 Å². The Morgan fingerprint density at radius 2 is 2.00 bits per heavy atom. The summed E-state index contributed by atoms with van der Waals surface area (Å²) < 4.78 is 5.32. The number of carbonyl (C=O) groups excluding carboxylic acids is 1. The number of oxazole rings is 1. The summed E-state index contributed by atoms with van der Waals surface area (Å²) in [6.45, 7) is 7.48. The second kappa shape index (κ2) is 5.71. The maximum Gasteiger partial charge on any atom is 0.289 e. The van der Waals surface area contributed by atoms with Gasteiger partial charge in [-0.2, -0.15) is 0 Å². The summed E-state index contributed by atoms with van der Waals surface area (Å²) in [6, 6.07) is 0. The Morgan fingerprint density at radius 3 is 2.50 bits per heavy atom. The summed E-state index contributed by atoms with van der Waals surface area (Å²) >= 11 is 0. The third-order valence-corrected chi connectivity index (χ3v) is 3.23. The van der Waals surface area contributed by atoms with Gasteiger partial charge in [-0.25, -0.2) is 4.98 Å². The summed E-state index contributed by atoms with van der Waals surface area (Å²) in [5, 5.41) is 6.33. The number of rotatable bonds is 2. The van der Waals surface area contributed by atoms with Gasteiger partial charge in [-0.05, 0) is 39.8 Å². The van der Waals surface area contributed by atoms with Crippen LogP contribution in [0.5, 0.6) is 0 Å². The molecule has 1 amide bonds. The SMILES string of the molecule is Cc1nc(C)c(C(=O)NC2(C)CCNCC2)o1.Cl. The van der Waals surface area contributed by atoms with Gasteiger partial charge in [-0.15, -0.1) is 12.4 Å². The molecular formula is C12H20ClN3O2. The molecule has 0 unspecified atom stereocenters. The lowest BCUT2D eigenvalue weighted by molar-refractivity contribution is 0.0856. The Bertz CT molecular complexity index is 425. The number of nitrogens with zero attached hydrogens (tertiary/aromatic N) is 1. The molecule has 1 saturated heterocycles. The highest BCUT2D eigenvalue weighted by Gasteiger charge is 2.30. The lowest BCUT2D eigenvalue weighted by Gasteiger charge is -2.34. The fourth-order valence-electron chi connectivity index (χ4n) is 2.18. The van der Waals surface area contributed by atoms with E-state index in [-0.39, 0.29) is 23.9 Å². The Labute approximate surface area is 113 Å². The van der Waals surface area contributed by atoms with Crippen LogP contribution in [0.25, 0.3) is 0 Å². The first-order valence-electron chi connectivity index (χ1n) is 5.97. The molecule has 0 bridgehead atoms. The molecule has 1 aromatic rings. The summed E-state index contributed by atoms with van der Waals surface area (Å²) in [4.78, 5) is 16.2. The first kappa shape index (κ1) is 15.0. The van der Waals surface area contributed by atoms with Crippen LogP contribution in [0.4, 0.5) is 0 Å². The molecule has 2 rings (SSSR count). The number of hydrogen-bond donors (Lipinski definition) is 2. The number of aryl methyl sites for hydroxylation is 2. The molecule has 0 radical (unpaired) electrons. The lowest BCUT2D eigenvalue weighted by Crippen LogP contribution is -2.52. The van der Waals surface area contributed by atoms with E-state index in [2.05, 4.69) is 22.5 Å². The number of piperidine rings is 1. The van der Waals surface area contributed by atoms with Crippen LogP contribution >= 0.6 is 12.4 Å². The molecule has 1 aromatic heterocycles. The van der Waals surface area contributed by atoms with Gasteiger partial charge in [-0.1, -0.05) is 0 Å². The van der Waals surface area contributed by atoms with Crippen molar-refractivity contribution in [3.05, 3.63) is 17.3 Å². The molecule has 6 heteroatoms. The molecule has 0 atom stereocenters. The predicted octanol–water partition coefficient (Wildman–Crippen LogP) is 1.59. The Morgan fingerprint density at radius 1 is 1.39 bits per heavy atom. The monoisotopic (exact) mass is 273 g/mol. The molecule has 0 aliphatic carbocycles. The molecule has 102 valence electrons. The van der Waals surface area contributed by atoms with Crippen molar-refractivity contribution in [2.24, 2.45) is 0 Å². The van der Waals surface area contributed by atoms with E-state index in [1.165, 1.54) is 0 Å². The van der Waals surface area contributed by atoms with E-state index in [4.69, 9.17) is 4.42 Å². The average molecular weight is 274 g/mol. The highest BCUT2D eigenvalue weighted by molar-refractivity contribution is 5.92. The van der Waals surface area contributed by atoms with Crippen molar-refractivity contribution >= 4 is 18.3 Å². The minimum Gasteiger partial charge on any atom is -0.436 e. The predicted molar refractivity (Wildman–Crippen MR) is 71.2 cm³/mol. The Kier molecular flexibility index (Phi) is 4.76. The minimum absolute atomic E-state index is 0. The second-order valence-electron chi connectivity index (χ2n) is 4.91. The Hall–Kier alpha value is -1.07. The number of halogens is 1. The van der Waals surface area contributed by atoms with Crippen molar-refractivity contribution in [3.63, 3.8) is 0 Å². The van der Waals surface area contributed by atoms with Crippen molar-refractivity contribution < 1.29 is 9.21 Å². The number of hydrogen-bond acceptors (Lipinski definition) is 4. The van der Waals surface area contributed by atoms with Crippen LogP contribution in [0.1, 0.15) is 41.9 Å². The average Bonchev–Trinajstić information content (AvgIpc) is 2.58. The van der Waals surface area contributed by atoms with Crippen molar-refractivity contribution in [1.29, 1.82) is 0 Å². The van der Waals surface area contributed by atoms with E-state index in [0.717, 1.165) is 25.9 Å². The van der Waals surface area contributed by atoms with E-state index >= 15 is 0 Å². The molecule has 2 N–H and O–H groups in total. The molecule has 5 nitrogen and oxygen atoms in total. The summed E-state index contributed by atoms with van der Waals surface area (Å²) in [6.07, 6.45) is 1.87. The smallest absolute Gasteiger partial charge is 0.289 e. The van der Waals surface area contributed by atoms with Crippen LogP contribution in [-0.4, -0.2) is 29.5 Å². The number of aromatic nitrogens is 1. The fourth-order valence-corrected chi connectivity index (χ4v) is 2.18. The topological polar surface area (TPSA) is 67.2 Å². The number of nitrogens with one attached hydrogen (secondary N) is 2. The summed E-state index contributed by atoms with van der Waals surface area (Å²) in [5.74, 6) is 0.706. The lowest BCUT2D eigenvalue weighted by atomic mass is 9.90. The maximum atomic E-state index is 12.1. The van der Waals surface area contributed by atoms with Gasteiger partial charge in [0.2, 0.25) is 5.76 Å². The van der Waals surface area contributed by atoms with Gasteiger partial charge in [0.15, 0.2) is 5.89 Å². The first-order valence-corrected chi connectivity index (χ1v) is 5.97. The molecule has 1 aliphatic heterocycles. The second-order valence-corrected chi connectivity index (χ2v) is 4.91. The standard InChI is InChI=1S/C12H19N3O2.ClH/c1-8-10(17-9(2)14-8)11(16)15-12(3)4-6-13-7-5-12;/h13H,4-7H2,1-3H3,(H,15,16);1H. The quantitative estimate of drug-likeness (QED) is 0.859. The largest absolute Gasteiger partial charge is 0.436 e. The zero-order valence-corrected chi connectivity index (χ0v) is 11.8. The van der Waals surface area contributed by atoms with E-state index in [9.17, 15) is 4.79 Å². The maximum absolute atomic E-state index is 12.1.